The van der Waals surface area contributed by atoms with E-state index in [1.165, 1.54) is 0 Å². The average Bonchev–Trinajstić information content (AvgIpc) is 2.30. The third-order valence-corrected chi connectivity index (χ3v) is 3.19. The quantitative estimate of drug-likeness (QED) is 0.710. The summed E-state index contributed by atoms with van der Waals surface area (Å²) < 4.78 is 25.7. The van der Waals surface area contributed by atoms with Crippen molar-refractivity contribution in [2.24, 2.45) is 0 Å². The summed E-state index contributed by atoms with van der Waals surface area (Å²) in [5, 5.41) is 2.87. The standard InChI is InChI=1S/C13H25F2N3O/c1-3-4-5-16-12(19)10-17-6-8-18(9-7-17)11-13(2,14)15/h3-11H2,1-2H3,(H,16,19). The van der Waals surface area contributed by atoms with Crippen molar-refractivity contribution in [2.75, 3.05) is 45.8 Å². The van der Waals surface area contributed by atoms with Gasteiger partial charge in [0.1, 0.15) is 0 Å². The zero-order valence-corrected chi connectivity index (χ0v) is 11.9. The second kappa shape index (κ2) is 7.75. The number of carbonyl (C=O) groups excluding carboxylic acids is 1. The van der Waals surface area contributed by atoms with Crippen LogP contribution in [0, 0.1) is 0 Å². The first-order valence-electron chi connectivity index (χ1n) is 7.00. The summed E-state index contributed by atoms with van der Waals surface area (Å²) in [6.45, 7) is 6.49. The van der Waals surface area contributed by atoms with Gasteiger partial charge >= 0.3 is 0 Å². The van der Waals surface area contributed by atoms with Crippen LogP contribution in [0.3, 0.4) is 0 Å². The lowest BCUT2D eigenvalue weighted by atomic mass is 10.2. The first-order valence-corrected chi connectivity index (χ1v) is 7.00. The van der Waals surface area contributed by atoms with Crippen molar-refractivity contribution in [3.63, 3.8) is 0 Å². The minimum Gasteiger partial charge on any atom is -0.355 e. The van der Waals surface area contributed by atoms with Crippen LogP contribution in [0.1, 0.15) is 26.7 Å². The minimum absolute atomic E-state index is 0.0303. The fourth-order valence-electron chi connectivity index (χ4n) is 2.16. The number of amides is 1. The molecule has 0 aromatic heterocycles. The molecule has 1 rings (SSSR count). The van der Waals surface area contributed by atoms with E-state index in [4.69, 9.17) is 0 Å². The molecule has 19 heavy (non-hydrogen) atoms. The highest BCUT2D eigenvalue weighted by molar-refractivity contribution is 5.77. The van der Waals surface area contributed by atoms with Crippen LogP contribution in [0.15, 0.2) is 0 Å². The highest BCUT2D eigenvalue weighted by Gasteiger charge is 2.27. The second-order valence-electron chi connectivity index (χ2n) is 5.33. The Morgan fingerprint density at radius 3 is 2.32 bits per heavy atom. The van der Waals surface area contributed by atoms with E-state index in [1.54, 1.807) is 4.90 Å². The van der Waals surface area contributed by atoms with Gasteiger partial charge in [0.05, 0.1) is 13.1 Å². The van der Waals surface area contributed by atoms with Crippen LogP contribution in [0.25, 0.3) is 0 Å². The Morgan fingerprint density at radius 1 is 1.21 bits per heavy atom. The minimum atomic E-state index is -2.64. The van der Waals surface area contributed by atoms with E-state index < -0.39 is 5.92 Å². The zero-order chi connectivity index (χ0) is 14.3. The lowest BCUT2D eigenvalue weighted by Crippen LogP contribution is -2.51. The summed E-state index contributed by atoms with van der Waals surface area (Å²) in [6, 6.07) is 0. The SMILES string of the molecule is CCCCNC(=O)CN1CCN(CC(C)(F)F)CC1. The molecule has 1 N–H and O–H groups in total. The number of hydrogen-bond donors (Lipinski definition) is 1. The average molecular weight is 277 g/mol. The molecular formula is C13H25F2N3O. The van der Waals surface area contributed by atoms with Crippen molar-refractivity contribution < 1.29 is 13.6 Å². The van der Waals surface area contributed by atoms with Gasteiger partial charge in [0.25, 0.3) is 5.92 Å². The van der Waals surface area contributed by atoms with E-state index in [1.807, 2.05) is 4.90 Å². The molecule has 0 radical (unpaired) electrons. The maximum Gasteiger partial charge on any atom is 0.257 e. The maximum absolute atomic E-state index is 12.9. The van der Waals surface area contributed by atoms with Crippen molar-refractivity contribution in [2.45, 2.75) is 32.6 Å². The fourth-order valence-corrected chi connectivity index (χ4v) is 2.16. The van der Waals surface area contributed by atoms with Crippen molar-refractivity contribution in [3.05, 3.63) is 0 Å². The lowest BCUT2D eigenvalue weighted by Gasteiger charge is -2.35. The van der Waals surface area contributed by atoms with Gasteiger partial charge in [-0.25, -0.2) is 8.78 Å². The van der Waals surface area contributed by atoms with Crippen molar-refractivity contribution in [1.82, 2.24) is 15.1 Å². The molecule has 1 saturated heterocycles. The van der Waals surface area contributed by atoms with Crippen LogP contribution < -0.4 is 5.32 Å². The summed E-state index contributed by atoms with van der Waals surface area (Å²) in [5.74, 6) is -2.61. The molecule has 0 unspecified atom stereocenters. The molecule has 0 spiro atoms. The first kappa shape index (κ1) is 16.3. The Labute approximate surface area is 114 Å². The Balaban J connectivity index is 2.17. The second-order valence-corrected chi connectivity index (χ2v) is 5.33. The lowest BCUT2D eigenvalue weighted by molar-refractivity contribution is -0.122. The first-order chi connectivity index (χ1) is 8.90. The van der Waals surface area contributed by atoms with Gasteiger partial charge in [0.2, 0.25) is 5.91 Å². The van der Waals surface area contributed by atoms with E-state index in [0.717, 1.165) is 26.3 Å². The van der Waals surface area contributed by atoms with Gasteiger partial charge in [0.15, 0.2) is 0 Å². The topological polar surface area (TPSA) is 35.6 Å². The smallest absolute Gasteiger partial charge is 0.257 e. The molecule has 112 valence electrons. The van der Waals surface area contributed by atoms with E-state index in [9.17, 15) is 13.6 Å². The maximum atomic E-state index is 12.9. The molecule has 4 nitrogen and oxygen atoms in total. The normalized spacial score (nSPS) is 18.5. The molecule has 0 atom stereocenters. The third-order valence-electron chi connectivity index (χ3n) is 3.19. The Bertz CT molecular complexity index is 274. The Hall–Kier alpha value is -0.750. The number of nitrogens with one attached hydrogen (secondary N) is 1. The van der Waals surface area contributed by atoms with Gasteiger partial charge in [-0.2, -0.15) is 0 Å². The van der Waals surface area contributed by atoms with Gasteiger partial charge < -0.3 is 5.32 Å². The number of rotatable bonds is 7. The largest absolute Gasteiger partial charge is 0.355 e. The summed E-state index contributed by atoms with van der Waals surface area (Å²) >= 11 is 0. The molecule has 0 aromatic rings. The van der Waals surface area contributed by atoms with Crippen LogP contribution in [0.5, 0.6) is 0 Å². The molecule has 1 amide bonds. The van der Waals surface area contributed by atoms with E-state index in [-0.39, 0.29) is 12.5 Å². The number of nitrogens with zero attached hydrogens (tertiary/aromatic N) is 2. The monoisotopic (exact) mass is 277 g/mol. The summed E-state index contributed by atoms with van der Waals surface area (Å²) in [6.07, 6.45) is 2.05. The van der Waals surface area contributed by atoms with Crippen LogP contribution in [-0.2, 0) is 4.79 Å². The molecule has 1 fully saturated rings. The summed E-state index contributed by atoms with van der Waals surface area (Å²) in [7, 11) is 0. The van der Waals surface area contributed by atoms with Crippen molar-refractivity contribution in [1.29, 1.82) is 0 Å². The zero-order valence-electron chi connectivity index (χ0n) is 11.9. The molecule has 1 aliphatic rings. The number of alkyl halides is 2. The van der Waals surface area contributed by atoms with Crippen LogP contribution in [-0.4, -0.2) is 67.4 Å². The highest BCUT2D eigenvalue weighted by Crippen LogP contribution is 2.14. The molecule has 0 aliphatic carbocycles. The molecule has 6 heteroatoms. The van der Waals surface area contributed by atoms with Gasteiger partial charge in [-0.1, -0.05) is 13.3 Å². The molecule has 0 bridgehead atoms. The predicted octanol–water partition coefficient (Wildman–Crippen LogP) is 1.18. The Kier molecular flexibility index (Phi) is 6.65. The Morgan fingerprint density at radius 2 is 1.79 bits per heavy atom. The third kappa shape index (κ3) is 7.42. The van der Waals surface area contributed by atoms with Crippen molar-refractivity contribution >= 4 is 5.91 Å². The fraction of sp³-hybridized carbons (Fsp3) is 0.923. The van der Waals surface area contributed by atoms with Crippen LogP contribution in [0.4, 0.5) is 8.78 Å². The molecule has 0 saturated carbocycles. The summed E-state index contributed by atoms with van der Waals surface area (Å²) in [5.41, 5.74) is 0. The van der Waals surface area contributed by atoms with Gasteiger partial charge in [0, 0.05) is 39.6 Å². The van der Waals surface area contributed by atoms with E-state index >= 15 is 0 Å². The number of hydrogen-bond acceptors (Lipinski definition) is 3. The van der Waals surface area contributed by atoms with E-state index in [0.29, 0.717) is 32.7 Å². The number of unbranched alkanes of at least 4 members (excludes halogenated alkanes) is 1. The molecule has 1 aliphatic heterocycles. The molecule has 1 heterocycles. The number of carbonyl (C=O) groups is 1. The highest BCUT2D eigenvalue weighted by atomic mass is 19.3. The van der Waals surface area contributed by atoms with E-state index in [2.05, 4.69) is 12.2 Å². The molecular weight excluding hydrogens is 252 g/mol. The molecule has 0 aromatic carbocycles. The van der Waals surface area contributed by atoms with Gasteiger partial charge in [-0.05, 0) is 6.42 Å². The van der Waals surface area contributed by atoms with Gasteiger partial charge in [-0.15, -0.1) is 0 Å². The van der Waals surface area contributed by atoms with Gasteiger partial charge in [-0.3, -0.25) is 14.6 Å². The summed E-state index contributed by atoms with van der Waals surface area (Å²) in [4.78, 5) is 15.4. The van der Waals surface area contributed by atoms with Crippen LogP contribution in [0.2, 0.25) is 0 Å². The predicted molar refractivity (Wildman–Crippen MR) is 71.4 cm³/mol. The number of halogens is 2. The van der Waals surface area contributed by atoms with Crippen LogP contribution >= 0.6 is 0 Å². The number of piperazine rings is 1. The van der Waals surface area contributed by atoms with Crippen molar-refractivity contribution in [3.8, 4) is 0 Å².